The molecule has 2 N–H and O–H groups in total. The Bertz CT molecular complexity index is 1210. The van der Waals surface area contributed by atoms with Gasteiger partial charge in [-0.05, 0) is 55.2 Å². The van der Waals surface area contributed by atoms with Crippen LogP contribution in [0.25, 0.3) is 22.4 Å². The number of H-pyrrole nitrogens is 1. The summed E-state index contributed by atoms with van der Waals surface area (Å²) in [4.78, 5) is 21.1. The number of hydrogen-bond acceptors (Lipinski definition) is 3. The summed E-state index contributed by atoms with van der Waals surface area (Å²) < 4.78 is 5.47. The first-order valence-electron chi connectivity index (χ1n) is 10.1. The molecule has 1 amide bonds. The zero-order chi connectivity index (χ0) is 20.7. The Morgan fingerprint density at radius 3 is 2.73 bits per heavy atom. The largest absolute Gasteiger partial charge is 0.496 e. The monoisotopic (exact) mass is 397 g/mol. The molecule has 5 rings (SSSR count). The van der Waals surface area contributed by atoms with Crippen molar-refractivity contribution >= 4 is 22.6 Å². The van der Waals surface area contributed by atoms with Gasteiger partial charge in [-0.1, -0.05) is 42.0 Å². The lowest BCUT2D eigenvalue weighted by Gasteiger charge is -2.11. The van der Waals surface area contributed by atoms with Crippen LogP contribution in [0.2, 0.25) is 0 Å². The summed E-state index contributed by atoms with van der Waals surface area (Å²) in [6, 6.07) is 21.9. The minimum atomic E-state index is -0.0499. The van der Waals surface area contributed by atoms with Crippen LogP contribution >= 0.6 is 0 Å². The van der Waals surface area contributed by atoms with Crippen molar-refractivity contribution in [2.45, 2.75) is 19.3 Å². The molecule has 0 aliphatic heterocycles. The zero-order valence-electron chi connectivity index (χ0n) is 17.0. The maximum absolute atomic E-state index is 13.0. The first-order valence-corrected chi connectivity index (χ1v) is 10.1. The Morgan fingerprint density at radius 1 is 1.10 bits per heavy atom. The van der Waals surface area contributed by atoms with Crippen molar-refractivity contribution in [1.82, 2.24) is 9.97 Å². The van der Waals surface area contributed by atoms with E-state index >= 15 is 0 Å². The minimum Gasteiger partial charge on any atom is -0.496 e. The van der Waals surface area contributed by atoms with Crippen LogP contribution in [0, 0.1) is 12.8 Å². The number of imidazole rings is 1. The van der Waals surface area contributed by atoms with E-state index in [0.717, 1.165) is 51.4 Å². The Hall–Kier alpha value is -3.60. The summed E-state index contributed by atoms with van der Waals surface area (Å²) >= 11 is 0. The maximum Gasteiger partial charge on any atom is 0.228 e. The molecule has 5 nitrogen and oxygen atoms in total. The number of aryl methyl sites for hydroxylation is 1. The number of methoxy groups -OCH3 is 1. The van der Waals surface area contributed by atoms with Crippen molar-refractivity contribution in [2.75, 3.05) is 12.4 Å². The number of nitrogens with zero attached hydrogens (tertiary/aromatic N) is 1. The van der Waals surface area contributed by atoms with E-state index in [-0.39, 0.29) is 17.7 Å². The SMILES string of the molecule is COc1ccccc1[C@@H]1C[C@H]1C(=O)Nc1ccc(C)cc1-c1nc2ccccc2[nH]1. The van der Waals surface area contributed by atoms with Gasteiger partial charge in [-0.2, -0.15) is 0 Å². The fourth-order valence-corrected chi connectivity index (χ4v) is 4.07. The van der Waals surface area contributed by atoms with Crippen LogP contribution in [0.1, 0.15) is 23.5 Å². The van der Waals surface area contributed by atoms with Crippen LogP contribution in [0.15, 0.2) is 66.7 Å². The fourth-order valence-electron chi connectivity index (χ4n) is 4.07. The predicted molar refractivity (Wildman–Crippen MR) is 119 cm³/mol. The molecule has 30 heavy (non-hydrogen) atoms. The molecule has 150 valence electrons. The Morgan fingerprint density at radius 2 is 1.90 bits per heavy atom. The lowest BCUT2D eigenvalue weighted by Crippen LogP contribution is -2.15. The number of nitrogens with one attached hydrogen (secondary N) is 2. The van der Waals surface area contributed by atoms with Crippen LogP contribution in [0.3, 0.4) is 0 Å². The fraction of sp³-hybridized carbons (Fsp3) is 0.200. The van der Waals surface area contributed by atoms with Gasteiger partial charge in [0.1, 0.15) is 11.6 Å². The molecule has 0 unspecified atom stereocenters. The average molecular weight is 397 g/mol. The molecule has 1 saturated carbocycles. The number of ether oxygens (including phenoxy) is 1. The van der Waals surface area contributed by atoms with Gasteiger partial charge in [-0.15, -0.1) is 0 Å². The second-order valence-electron chi connectivity index (χ2n) is 7.83. The van der Waals surface area contributed by atoms with Crippen LogP contribution in [-0.4, -0.2) is 23.0 Å². The summed E-state index contributed by atoms with van der Waals surface area (Å²) in [5.74, 6) is 1.78. The third-order valence-corrected chi connectivity index (χ3v) is 5.74. The van der Waals surface area contributed by atoms with E-state index in [9.17, 15) is 4.79 Å². The standard InChI is InChI=1S/C25H23N3O2/c1-15-11-12-20(19(13-15)24-26-21-8-4-5-9-22(21)27-24)28-25(29)18-14-17(18)16-7-3-6-10-23(16)30-2/h3-13,17-18H,14H2,1-2H3,(H,26,27)(H,28,29)/t17-,18+/m0/s1. The molecule has 0 spiro atoms. The third-order valence-electron chi connectivity index (χ3n) is 5.74. The Labute approximate surface area is 175 Å². The minimum absolute atomic E-state index is 0.0344. The number of hydrogen-bond donors (Lipinski definition) is 2. The first kappa shape index (κ1) is 18.4. The van der Waals surface area contributed by atoms with Gasteiger partial charge in [0, 0.05) is 11.5 Å². The number of rotatable bonds is 5. The highest BCUT2D eigenvalue weighted by molar-refractivity contribution is 5.99. The van der Waals surface area contributed by atoms with Crippen molar-refractivity contribution in [3.05, 3.63) is 77.9 Å². The van der Waals surface area contributed by atoms with E-state index < -0.39 is 0 Å². The maximum atomic E-state index is 13.0. The molecule has 1 aliphatic rings. The summed E-state index contributed by atoms with van der Waals surface area (Å²) in [5, 5.41) is 3.14. The third kappa shape index (κ3) is 3.32. The molecule has 0 radical (unpaired) electrons. The lowest BCUT2D eigenvalue weighted by molar-refractivity contribution is -0.117. The van der Waals surface area contributed by atoms with Crippen molar-refractivity contribution < 1.29 is 9.53 Å². The highest BCUT2D eigenvalue weighted by Crippen LogP contribution is 2.51. The van der Waals surface area contributed by atoms with Crippen LogP contribution < -0.4 is 10.1 Å². The number of carbonyl (C=O) groups excluding carboxylic acids is 1. The van der Waals surface area contributed by atoms with Gasteiger partial charge in [0.2, 0.25) is 5.91 Å². The summed E-state index contributed by atoms with van der Waals surface area (Å²) in [6.07, 6.45) is 0.831. The number of amides is 1. The second-order valence-corrected chi connectivity index (χ2v) is 7.83. The molecule has 1 aromatic heterocycles. The van der Waals surface area contributed by atoms with E-state index in [1.165, 1.54) is 0 Å². The van der Waals surface area contributed by atoms with E-state index in [4.69, 9.17) is 9.72 Å². The molecular formula is C25H23N3O2. The number of benzene rings is 3. The summed E-state index contributed by atoms with van der Waals surface area (Å²) in [5.41, 5.74) is 5.77. The van der Waals surface area contributed by atoms with Crippen molar-refractivity contribution in [2.24, 2.45) is 5.92 Å². The van der Waals surface area contributed by atoms with E-state index in [0.29, 0.717) is 0 Å². The number of carbonyl (C=O) groups is 1. The van der Waals surface area contributed by atoms with Gasteiger partial charge < -0.3 is 15.0 Å². The Balaban J connectivity index is 1.41. The normalized spacial score (nSPS) is 17.7. The lowest BCUT2D eigenvalue weighted by atomic mass is 10.1. The average Bonchev–Trinajstić information content (AvgIpc) is 3.45. The number of fused-ring (bicyclic) bond motifs is 1. The Kier molecular flexibility index (Phi) is 4.51. The topological polar surface area (TPSA) is 67.0 Å². The second kappa shape index (κ2) is 7.34. The molecule has 1 heterocycles. The van der Waals surface area contributed by atoms with Gasteiger partial charge >= 0.3 is 0 Å². The van der Waals surface area contributed by atoms with Crippen molar-refractivity contribution in [3.63, 3.8) is 0 Å². The van der Waals surface area contributed by atoms with E-state index in [1.807, 2.05) is 67.6 Å². The van der Waals surface area contributed by atoms with Crippen molar-refractivity contribution in [3.8, 4) is 17.1 Å². The highest BCUT2D eigenvalue weighted by Gasteiger charge is 2.45. The molecule has 0 saturated heterocycles. The highest BCUT2D eigenvalue weighted by atomic mass is 16.5. The molecule has 3 aromatic carbocycles. The number of aromatic nitrogens is 2. The van der Waals surface area contributed by atoms with Gasteiger partial charge in [0.15, 0.2) is 0 Å². The zero-order valence-corrected chi connectivity index (χ0v) is 17.0. The quantitative estimate of drug-likeness (QED) is 0.481. The predicted octanol–water partition coefficient (Wildman–Crippen LogP) is 5.29. The van der Waals surface area contributed by atoms with Crippen LogP contribution in [0.5, 0.6) is 5.75 Å². The number of aromatic amines is 1. The molecule has 5 heteroatoms. The van der Waals surface area contributed by atoms with Gasteiger partial charge in [-0.25, -0.2) is 4.98 Å². The van der Waals surface area contributed by atoms with Gasteiger partial charge in [0.05, 0.1) is 23.8 Å². The molecular weight excluding hydrogens is 374 g/mol. The molecule has 1 aliphatic carbocycles. The van der Waals surface area contributed by atoms with Crippen molar-refractivity contribution in [1.29, 1.82) is 0 Å². The summed E-state index contributed by atoms with van der Waals surface area (Å²) in [7, 11) is 1.67. The molecule has 1 fully saturated rings. The smallest absolute Gasteiger partial charge is 0.228 e. The number of anilines is 1. The first-order chi connectivity index (χ1) is 14.6. The van der Waals surface area contributed by atoms with E-state index in [2.05, 4.69) is 16.4 Å². The summed E-state index contributed by atoms with van der Waals surface area (Å²) in [6.45, 7) is 2.04. The number of para-hydroxylation sites is 3. The van der Waals surface area contributed by atoms with Gasteiger partial charge in [0.25, 0.3) is 0 Å². The molecule has 0 bridgehead atoms. The molecule has 4 aromatic rings. The van der Waals surface area contributed by atoms with Crippen LogP contribution in [-0.2, 0) is 4.79 Å². The van der Waals surface area contributed by atoms with Gasteiger partial charge in [-0.3, -0.25) is 4.79 Å². The van der Waals surface area contributed by atoms with Crippen LogP contribution in [0.4, 0.5) is 5.69 Å². The van der Waals surface area contributed by atoms with E-state index in [1.54, 1.807) is 7.11 Å². The molecule has 2 atom stereocenters.